The lowest BCUT2D eigenvalue weighted by molar-refractivity contribution is 0.102. The van der Waals surface area contributed by atoms with Gasteiger partial charge in [-0.05, 0) is 36.9 Å². The molecule has 2 N–H and O–H groups in total. The number of amides is 1. The number of rotatable bonds is 8. The van der Waals surface area contributed by atoms with Gasteiger partial charge in [0.05, 0.1) is 37.3 Å². The van der Waals surface area contributed by atoms with E-state index in [2.05, 4.69) is 15.2 Å². The van der Waals surface area contributed by atoms with Crippen molar-refractivity contribution in [3.05, 3.63) is 47.5 Å². The highest BCUT2D eigenvalue weighted by molar-refractivity contribution is 7.23. The summed E-state index contributed by atoms with van der Waals surface area (Å²) in [6, 6.07) is 11.4. The fourth-order valence-corrected chi connectivity index (χ4v) is 4.75. The number of thiazole rings is 1. The van der Waals surface area contributed by atoms with E-state index in [0.717, 1.165) is 34.6 Å². The van der Waals surface area contributed by atoms with Gasteiger partial charge in [-0.1, -0.05) is 23.5 Å². The van der Waals surface area contributed by atoms with Crippen LogP contribution in [0.25, 0.3) is 10.2 Å². The summed E-state index contributed by atoms with van der Waals surface area (Å²) in [4.78, 5) is 21.8. The molecule has 2 heterocycles. The highest BCUT2D eigenvalue weighted by atomic mass is 32.1. The average Bonchev–Trinajstić information content (AvgIpc) is 3.23. The number of carbonyl (C=O) groups excluding carboxylic acids is 1. The largest absolute Gasteiger partial charge is 0.494 e. The van der Waals surface area contributed by atoms with Crippen molar-refractivity contribution in [3.63, 3.8) is 0 Å². The number of ether oxygens (including phenoxy) is 2. The van der Waals surface area contributed by atoms with Crippen LogP contribution in [0, 0.1) is 0 Å². The second-order valence-electron chi connectivity index (χ2n) is 7.70. The third kappa shape index (κ3) is 5.02. The van der Waals surface area contributed by atoms with E-state index in [1.165, 1.54) is 11.3 Å². The molecule has 1 fully saturated rings. The summed E-state index contributed by atoms with van der Waals surface area (Å²) < 4.78 is 12.0. The number of aliphatic hydroxyl groups excluding tert-OH is 1. The maximum atomic E-state index is 12.8. The van der Waals surface area contributed by atoms with E-state index in [-0.39, 0.29) is 12.5 Å². The Morgan fingerprint density at radius 3 is 2.69 bits per heavy atom. The fraction of sp³-hybridized carbons (Fsp3) is 0.391. The summed E-state index contributed by atoms with van der Waals surface area (Å²) >= 11 is 1.45. The number of hydrogen-bond acceptors (Lipinski definition) is 8. The van der Waals surface area contributed by atoms with Crippen LogP contribution < -0.4 is 15.0 Å². The van der Waals surface area contributed by atoms with E-state index in [1.807, 2.05) is 48.3 Å². The van der Waals surface area contributed by atoms with Crippen LogP contribution in [-0.4, -0.2) is 74.5 Å². The van der Waals surface area contributed by atoms with Crippen molar-refractivity contribution in [1.82, 2.24) is 9.88 Å². The number of nitrogens with zero attached hydrogens (tertiary/aromatic N) is 3. The SMILES string of the molecule is COc1ccc(N2CCOCC2)c2sc(NC(=O)c3ccc(CN(C)CCO)cc3)nc12. The van der Waals surface area contributed by atoms with Crippen LogP contribution in [0.3, 0.4) is 0 Å². The van der Waals surface area contributed by atoms with Gasteiger partial charge in [0.2, 0.25) is 0 Å². The highest BCUT2D eigenvalue weighted by Crippen LogP contribution is 2.39. The third-order valence-corrected chi connectivity index (χ3v) is 6.42. The second kappa shape index (κ2) is 10.3. The number of aliphatic hydroxyl groups is 1. The van der Waals surface area contributed by atoms with Crippen molar-refractivity contribution in [1.29, 1.82) is 0 Å². The second-order valence-corrected chi connectivity index (χ2v) is 8.69. The molecule has 0 spiro atoms. The number of morpholine rings is 1. The number of nitrogens with one attached hydrogen (secondary N) is 1. The van der Waals surface area contributed by atoms with Gasteiger partial charge in [-0.25, -0.2) is 4.98 Å². The lowest BCUT2D eigenvalue weighted by Crippen LogP contribution is -2.36. The molecular formula is C23H28N4O4S. The van der Waals surface area contributed by atoms with Crippen LogP contribution in [0.1, 0.15) is 15.9 Å². The molecule has 1 saturated heterocycles. The van der Waals surface area contributed by atoms with Crippen molar-refractivity contribution in [2.45, 2.75) is 6.54 Å². The minimum absolute atomic E-state index is 0.122. The van der Waals surface area contributed by atoms with Crippen LogP contribution in [0.5, 0.6) is 5.75 Å². The number of carbonyl (C=O) groups is 1. The Bertz CT molecular complexity index is 1060. The predicted octanol–water partition coefficient (Wildman–Crippen LogP) is 2.82. The predicted molar refractivity (Wildman–Crippen MR) is 127 cm³/mol. The molecule has 1 aliphatic rings. The van der Waals surface area contributed by atoms with E-state index in [1.54, 1.807) is 7.11 Å². The fourth-order valence-electron chi connectivity index (χ4n) is 3.73. The molecule has 1 amide bonds. The first-order valence-electron chi connectivity index (χ1n) is 10.6. The smallest absolute Gasteiger partial charge is 0.257 e. The number of benzene rings is 2. The minimum Gasteiger partial charge on any atom is -0.494 e. The number of fused-ring (bicyclic) bond motifs is 1. The number of likely N-dealkylation sites (N-methyl/N-ethyl adjacent to an activating group) is 1. The molecule has 0 aliphatic carbocycles. The summed E-state index contributed by atoms with van der Waals surface area (Å²) in [5.74, 6) is 0.483. The van der Waals surface area contributed by atoms with Crippen LogP contribution in [0.4, 0.5) is 10.8 Å². The van der Waals surface area contributed by atoms with Gasteiger partial charge in [-0.15, -0.1) is 0 Å². The molecule has 1 aliphatic heterocycles. The van der Waals surface area contributed by atoms with E-state index < -0.39 is 0 Å². The molecule has 32 heavy (non-hydrogen) atoms. The lowest BCUT2D eigenvalue weighted by atomic mass is 10.1. The Kier molecular flexibility index (Phi) is 7.21. The lowest BCUT2D eigenvalue weighted by Gasteiger charge is -2.29. The molecule has 170 valence electrons. The van der Waals surface area contributed by atoms with Crippen molar-refractivity contribution in [2.75, 3.05) is 63.8 Å². The van der Waals surface area contributed by atoms with Crippen LogP contribution in [0.15, 0.2) is 36.4 Å². The molecule has 4 rings (SSSR count). The molecule has 1 aromatic heterocycles. The third-order valence-electron chi connectivity index (χ3n) is 5.43. The summed E-state index contributed by atoms with van der Waals surface area (Å²) in [7, 11) is 3.57. The molecule has 9 heteroatoms. The average molecular weight is 457 g/mol. The van der Waals surface area contributed by atoms with Gasteiger partial charge in [0.15, 0.2) is 5.13 Å². The minimum atomic E-state index is -0.203. The van der Waals surface area contributed by atoms with Crippen LogP contribution >= 0.6 is 11.3 Å². The topological polar surface area (TPSA) is 87.2 Å². The van der Waals surface area contributed by atoms with Crippen molar-refractivity contribution >= 4 is 38.3 Å². The van der Waals surface area contributed by atoms with Gasteiger partial charge in [-0.2, -0.15) is 0 Å². The summed E-state index contributed by atoms with van der Waals surface area (Å²) in [5.41, 5.74) is 3.48. The highest BCUT2D eigenvalue weighted by Gasteiger charge is 2.20. The van der Waals surface area contributed by atoms with Crippen LogP contribution in [-0.2, 0) is 11.3 Å². The molecule has 0 radical (unpaired) electrons. The number of hydrogen-bond donors (Lipinski definition) is 2. The number of methoxy groups -OCH3 is 1. The van der Waals surface area contributed by atoms with Crippen molar-refractivity contribution < 1.29 is 19.4 Å². The first-order chi connectivity index (χ1) is 15.6. The van der Waals surface area contributed by atoms with Crippen molar-refractivity contribution in [2.24, 2.45) is 0 Å². The maximum absolute atomic E-state index is 12.8. The van der Waals surface area contributed by atoms with Crippen LogP contribution in [0.2, 0.25) is 0 Å². The Hall–Kier alpha value is -2.72. The Morgan fingerprint density at radius 1 is 1.25 bits per heavy atom. The molecule has 0 bridgehead atoms. The summed E-state index contributed by atoms with van der Waals surface area (Å²) in [6.45, 7) is 4.47. The first kappa shape index (κ1) is 22.5. The normalized spacial score (nSPS) is 14.2. The number of anilines is 2. The zero-order chi connectivity index (χ0) is 22.5. The molecule has 2 aromatic carbocycles. The molecule has 0 atom stereocenters. The van der Waals surface area contributed by atoms with Gasteiger partial charge in [-0.3, -0.25) is 15.0 Å². The molecule has 8 nitrogen and oxygen atoms in total. The first-order valence-corrected chi connectivity index (χ1v) is 11.4. The van der Waals surface area contributed by atoms with Gasteiger partial charge in [0, 0.05) is 31.7 Å². The Labute approximate surface area is 191 Å². The van der Waals surface area contributed by atoms with E-state index >= 15 is 0 Å². The van der Waals surface area contributed by atoms with Gasteiger partial charge < -0.3 is 19.5 Å². The molecule has 0 unspecified atom stereocenters. The molecular weight excluding hydrogens is 428 g/mol. The van der Waals surface area contributed by atoms with E-state index in [4.69, 9.17) is 14.6 Å². The quantitative estimate of drug-likeness (QED) is 0.539. The standard InChI is InChI=1S/C23H28N4O4S/c1-26(9-12-28)15-16-3-5-17(6-4-16)22(29)25-23-24-20-19(30-2)8-7-18(21(20)32-23)27-10-13-31-14-11-27/h3-8,28H,9-15H2,1-2H3,(H,24,25,29). The van der Waals surface area contributed by atoms with Gasteiger partial charge in [0.25, 0.3) is 5.91 Å². The summed E-state index contributed by atoms with van der Waals surface area (Å²) in [5, 5.41) is 12.5. The van der Waals surface area contributed by atoms with Gasteiger partial charge >= 0.3 is 0 Å². The van der Waals surface area contributed by atoms with Crippen molar-refractivity contribution in [3.8, 4) is 5.75 Å². The van der Waals surface area contributed by atoms with E-state index in [0.29, 0.717) is 42.7 Å². The molecule has 3 aromatic rings. The zero-order valence-corrected chi connectivity index (χ0v) is 19.2. The van der Waals surface area contributed by atoms with Gasteiger partial charge in [0.1, 0.15) is 11.3 Å². The summed E-state index contributed by atoms with van der Waals surface area (Å²) in [6.07, 6.45) is 0. The number of aromatic nitrogens is 1. The zero-order valence-electron chi connectivity index (χ0n) is 18.3. The Balaban J connectivity index is 1.53. The monoisotopic (exact) mass is 456 g/mol. The van der Waals surface area contributed by atoms with E-state index in [9.17, 15) is 4.79 Å². The Morgan fingerprint density at radius 2 is 2.00 bits per heavy atom. The molecule has 0 saturated carbocycles. The maximum Gasteiger partial charge on any atom is 0.257 e.